The molecule has 4 aromatic rings. The van der Waals surface area contributed by atoms with E-state index in [4.69, 9.17) is 4.74 Å². The van der Waals surface area contributed by atoms with Crippen molar-refractivity contribution in [2.45, 2.75) is 0 Å². The predicted molar refractivity (Wildman–Crippen MR) is 109 cm³/mol. The summed E-state index contributed by atoms with van der Waals surface area (Å²) in [5.41, 5.74) is 1.23. The molecule has 0 unspecified atom stereocenters. The van der Waals surface area contributed by atoms with E-state index in [9.17, 15) is 20.4 Å². The largest absolute Gasteiger partial charge is 0.508 e. The molecule has 0 bridgehead atoms. The van der Waals surface area contributed by atoms with Gasteiger partial charge in [0, 0.05) is 17.7 Å². The van der Waals surface area contributed by atoms with Crippen LogP contribution in [0, 0.1) is 0 Å². The molecule has 1 heterocycles. The van der Waals surface area contributed by atoms with E-state index in [1.807, 2.05) is 0 Å². The number of methoxy groups -OCH3 is 1. The second-order valence-electron chi connectivity index (χ2n) is 6.44. The second-order valence-corrected chi connectivity index (χ2v) is 6.44. The quantitative estimate of drug-likeness (QED) is 0.406. The third kappa shape index (κ3) is 3.66. The number of hydrogen-bond acceptors (Lipinski definition) is 8. The molecule has 4 N–H and O–H groups in total. The monoisotopic (exact) mass is 403 g/mol. The molecular formula is C22H17N3O5. The molecule has 3 aromatic carbocycles. The number of aromatic nitrogens is 3. The topological polar surface area (TPSA) is 129 Å². The minimum Gasteiger partial charge on any atom is -0.508 e. The Kier molecular flexibility index (Phi) is 4.81. The average molecular weight is 403 g/mol. The minimum atomic E-state index is -0.206. The summed E-state index contributed by atoms with van der Waals surface area (Å²) >= 11 is 0. The number of phenols is 4. The highest BCUT2D eigenvalue weighted by molar-refractivity contribution is 5.72. The van der Waals surface area contributed by atoms with E-state index in [1.165, 1.54) is 43.5 Å². The normalized spacial score (nSPS) is 10.7. The lowest BCUT2D eigenvalue weighted by Crippen LogP contribution is -2.00. The number of phenolic OH excluding ortho intramolecular Hbond substituents is 4. The second kappa shape index (κ2) is 7.59. The van der Waals surface area contributed by atoms with Crippen LogP contribution in [0.4, 0.5) is 0 Å². The van der Waals surface area contributed by atoms with Crippen molar-refractivity contribution < 1.29 is 25.2 Å². The average Bonchev–Trinajstić information content (AvgIpc) is 2.73. The molecule has 0 aliphatic heterocycles. The van der Waals surface area contributed by atoms with E-state index in [1.54, 1.807) is 24.3 Å². The minimum absolute atomic E-state index is 0.0851. The first kappa shape index (κ1) is 19.0. The van der Waals surface area contributed by atoms with Gasteiger partial charge in [-0.15, -0.1) is 0 Å². The van der Waals surface area contributed by atoms with Crippen LogP contribution in [0.2, 0.25) is 0 Å². The number of aromatic hydroxyl groups is 4. The van der Waals surface area contributed by atoms with E-state index in [2.05, 4.69) is 15.0 Å². The number of ether oxygens (including phenoxy) is 1. The zero-order valence-corrected chi connectivity index (χ0v) is 15.8. The molecule has 0 atom stereocenters. The molecule has 0 saturated carbocycles. The van der Waals surface area contributed by atoms with Crippen molar-refractivity contribution >= 4 is 0 Å². The van der Waals surface area contributed by atoms with Gasteiger partial charge in [0.1, 0.15) is 28.7 Å². The van der Waals surface area contributed by atoms with Gasteiger partial charge < -0.3 is 25.2 Å². The van der Waals surface area contributed by atoms with Crippen molar-refractivity contribution in [3.05, 3.63) is 60.7 Å². The first-order chi connectivity index (χ1) is 14.4. The number of benzene rings is 3. The molecule has 8 nitrogen and oxygen atoms in total. The van der Waals surface area contributed by atoms with Gasteiger partial charge in [0.05, 0.1) is 18.2 Å². The molecule has 0 amide bonds. The Bertz CT molecular complexity index is 1230. The van der Waals surface area contributed by atoms with Crippen molar-refractivity contribution in [2.75, 3.05) is 7.11 Å². The molecule has 0 aliphatic rings. The fourth-order valence-corrected chi connectivity index (χ4v) is 2.89. The first-order valence-corrected chi connectivity index (χ1v) is 8.90. The molecule has 8 heteroatoms. The number of rotatable bonds is 4. The lowest BCUT2D eigenvalue weighted by atomic mass is 10.1. The molecule has 0 saturated heterocycles. The molecule has 0 spiro atoms. The highest BCUT2D eigenvalue weighted by Gasteiger charge is 2.17. The van der Waals surface area contributed by atoms with E-state index >= 15 is 0 Å². The van der Waals surface area contributed by atoms with Crippen LogP contribution < -0.4 is 4.74 Å². The van der Waals surface area contributed by atoms with Gasteiger partial charge in [-0.1, -0.05) is 0 Å². The predicted octanol–water partition coefficient (Wildman–Crippen LogP) is 3.70. The Labute approximate surface area is 171 Å². The molecule has 4 rings (SSSR count). The number of nitrogens with zero attached hydrogens (tertiary/aromatic N) is 3. The van der Waals surface area contributed by atoms with Crippen LogP contribution >= 0.6 is 0 Å². The van der Waals surface area contributed by atoms with Crippen molar-refractivity contribution in [1.82, 2.24) is 15.0 Å². The van der Waals surface area contributed by atoms with E-state index in [0.717, 1.165) is 0 Å². The van der Waals surface area contributed by atoms with Gasteiger partial charge in [0.25, 0.3) is 0 Å². The zero-order valence-electron chi connectivity index (χ0n) is 15.8. The SMILES string of the molecule is COc1ccc(-c2nc(-c3ccc(O)cc3)nc(-c3ccc(O)cc3O)n2)c(O)c1. The Morgan fingerprint density at radius 1 is 0.600 bits per heavy atom. The van der Waals surface area contributed by atoms with Crippen LogP contribution in [0.3, 0.4) is 0 Å². The molecular weight excluding hydrogens is 386 g/mol. The van der Waals surface area contributed by atoms with Crippen LogP contribution in [-0.4, -0.2) is 42.5 Å². The summed E-state index contributed by atoms with van der Waals surface area (Å²) in [6.07, 6.45) is 0. The van der Waals surface area contributed by atoms with Crippen LogP contribution in [0.25, 0.3) is 34.2 Å². The van der Waals surface area contributed by atoms with Crippen LogP contribution in [0.1, 0.15) is 0 Å². The Morgan fingerprint density at radius 2 is 1.13 bits per heavy atom. The van der Waals surface area contributed by atoms with Crippen molar-refractivity contribution in [3.63, 3.8) is 0 Å². The summed E-state index contributed by atoms with van der Waals surface area (Å²) in [5.74, 6) is 0.778. The van der Waals surface area contributed by atoms with Gasteiger partial charge >= 0.3 is 0 Å². The Balaban J connectivity index is 1.93. The van der Waals surface area contributed by atoms with Gasteiger partial charge in [-0.05, 0) is 48.5 Å². The van der Waals surface area contributed by atoms with Crippen molar-refractivity contribution in [3.8, 4) is 62.9 Å². The Hall–Kier alpha value is -4.33. The van der Waals surface area contributed by atoms with Crippen molar-refractivity contribution in [1.29, 1.82) is 0 Å². The molecule has 30 heavy (non-hydrogen) atoms. The number of hydrogen-bond donors (Lipinski definition) is 4. The summed E-state index contributed by atoms with van der Waals surface area (Å²) in [6.45, 7) is 0. The fraction of sp³-hybridized carbons (Fsp3) is 0.0455. The van der Waals surface area contributed by atoms with Crippen molar-refractivity contribution in [2.24, 2.45) is 0 Å². The third-order valence-corrected chi connectivity index (χ3v) is 4.43. The van der Waals surface area contributed by atoms with Gasteiger partial charge in [0.15, 0.2) is 17.5 Å². The molecule has 0 fully saturated rings. The smallest absolute Gasteiger partial charge is 0.167 e. The molecule has 0 radical (unpaired) electrons. The summed E-state index contributed by atoms with van der Waals surface area (Å²) in [4.78, 5) is 13.3. The van der Waals surface area contributed by atoms with Crippen LogP contribution in [0.15, 0.2) is 60.7 Å². The van der Waals surface area contributed by atoms with Crippen LogP contribution in [0.5, 0.6) is 28.7 Å². The summed E-state index contributed by atoms with van der Waals surface area (Å²) in [5, 5.41) is 39.8. The standard InChI is InChI=1S/C22H17N3O5/c1-30-15-7-9-17(19(29)11-15)22-24-20(12-2-4-13(26)5-3-12)23-21(25-22)16-8-6-14(27)10-18(16)28/h2-11,26-29H,1H3. The van der Waals surface area contributed by atoms with Gasteiger partial charge in [-0.3, -0.25) is 0 Å². The summed E-state index contributed by atoms with van der Waals surface area (Å²) < 4.78 is 5.12. The Morgan fingerprint density at radius 3 is 1.70 bits per heavy atom. The van der Waals surface area contributed by atoms with E-state index in [-0.39, 0.29) is 46.0 Å². The molecule has 150 valence electrons. The molecule has 1 aromatic heterocycles. The maximum Gasteiger partial charge on any atom is 0.167 e. The van der Waals surface area contributed by atoms with Gasteiger partial charge in [-0.25, -0.2) is 15.0 Å². The first-order valence-electron chi connectivity index (χ1n) is 8.90. The molecule has 0 aliphatic carbocycles. The summed E-state index contributed by atoms with van der Waals surface area (Å²) in [6, 6.07) is 15.1. The fourth-order valence-electron chi connectivity index (χ4n) is 2.89. The van der Waals surface area contributed by atoms with Gasteiger partial charge in [0.2, 0.25) is 0 Å². The third-order valence-electron chi connectivity index (χ3n) is 4.43. The highest BCUT2D eigenvalue weighted by atomic mass is 16.5. The van der Waals surface area contributed by atoms with Crippen LogP contribution in [-0.2, 0) is 0 Å². The van der Waals surface area contributed by atoms with E-state index in [0.29, 0.717) is 16.9 Å². The lowest BCUT2D eigenvalue weighted by molar-refractivity contribution is 0.408. The maximum absolute atomic E-state index is 10.4. The highest BCUT2D eigenvalue weighted by Crippen LogP contribution is 2.35. The van der Waals surface area contributed by atoms with E-state index < -0.39 is 0 Å². The summed E-state index contributed by atoms with van der Waals surface area (Å²) in [7, 11) is 1.49. The maximum atomic E-state index is 10.4. The lowest BCUT2D eigenvalue weighted by Gasteiger charge is -2.11. The zero-order chi connectivity index (χ0) is 21.3. The van der Waals surface area contributed by atoms with Gasteiger partial charge in [-0.2, -0.15) is 0 Å².